The second-order valence-electron chi connectivity index (χ2n) is 4.75. The molecule has 1 heterocycles. The SMILES string of the molecule is Cc1cc(OCC(=O)OC(C)C)c2ccc(Br)cc2n1. The second-order valence-corrected chi connectivity index (χ2v) is 5.67. The Bertz CT molecular complexity index is 635. The predicted molar refractivity (Wildman–Crippen MR) is 80.9 cm³/mol. The maximum absolute atomic E-state index is 11.5. The standard InChI is InChI=1S/C15H16BrNO3/c1-9(2)20-15(18)8-19-14-6-10(3)17-13-7-11(16)4-5-12(13)14/h4-7,9H,8H2,1-3H3. The minimum Gasteiger partial charge on any atom is -0.481 e. The number of hydrogen-bond acceptors (Lipinski definition) is 4. The number of hydrogen-bond donors (Lipinski definition) is 0. The van der Waals surface area contributed by atoms with Gasteiger partial charge in [-0.1, -0.05) is 15.9 Å². The van der Waals surface area contributed by atoms with Crippen LogP contribution in [0.3, 0.4) is 0 Å². The van der Waals surface area contributed by atoms with Crippen LogP contribution in [0, 0.1) is 6.92 Å². The summed E-state index contributed by atoms with van der Waals surface area (Å²) < 4.78 is 11.6. The van der Waals surface area contributed by atoms with Crippen LogP contribution in [0.25, 0.3) is 10.9 Å². The number of fused-ring (bicyclic) bond motifs is 1. The number of carbonyl (C=O) groups is 1. The summed E-state index contributed by atoms with van der Waals surface area (Å²) in [6, 6.07) is 7.56. The van der Waals surface area contributed by atoms with Gasteiger partial charge in [0.05, 0.1) is 11.6 Å². The van der Waals surface area contributed by atoms with E-state index in [4.69, 9.17) is 9.47 Å². The molecule has 0 amide bonds. The van der Waals surface area contributed by atoms with Crippen LogP contribution in [0.2, 0.25) is 0 Å². The lowest BCUT2D eigenvalue weighted by Crippen LogP contribution is -2.18. The van der Waals surface area contributed by atoms with E-state index < -0.39 is 0 Å². The zero-order chi connectivity index (χ0) is 14.7. The van der Waals surface area contributed by atoms with Gasteiger partial charge in [0.15, 0.2) is 6.61 Å². The summed E-state index contributed by atoms with van der Waals surface area (Å²) in [5, 5.41) is 0.871. The van der Waals surface area contributed by atoms with Gasteiger partial charge in [0, 0.05) is 21.6 Å². The molecule has 5 heteroatoms. The van der Waals surface area contributed by atoms with Gasteiger partial charge in [-0.15, -0.1) is 0 Å². The predicted octanol–water partition coefficient (Wildman–Crippen LogP) is 3.64. The number of aryl methyl sites for hydroxylation is 1. The highest BCUT2D eigenvalue weighted by molar-refractivity contribution is 9.10. The highest BCUT2D eigenvalue weighted by Gasteiger charge is 2.10. The molecule has 0 atom stereocenters. The number of ether oxygens (including phenoxy) is 2. The van der Waals surface area contributed by atoms with Crippen molar-refractivity contribution in [1.29, 1.82) is 0 Å². The van der Waals surface area contributed by atoms with Crippen molar-refractivity contribution < 1.29 is 14.3 Å². The smallest absolute Gasteiger partial charge is 0.344 e. The van der Waals surface area contributed by atoms with Crippen LogP contribution in [0.1, 0.15) is 19.5 Å². The lowest BCUT2D eigenvalue weighted by atomic mass is 10.2. The van der Waals surface area contributed by atoms with Crippen molar-refractivity contribution in [3.05, 3.63) is 34.4 Å². The van der Waals surface area contributed by atoms with E-state index in [2.05, 4.69) is 20.9 Å². The highest BCUT2D eigenvalue weighted by Crippen LogP contribution is 2.27. The van der Waals surface area contributed by atoms with Gasteiger partial charge in [-0.05, 0) is 39.0 Å². The first-order valence-corrected chi connectivity index (χ1v) is 7.14. The van der Waals surface area contributed by atoms with Gasteiger partial charge in [0.1, 0.15) is 5.75 Å². The van der Waals surface area contributed by atoms with Crippen molar-refractivity contribution in [2.45, 2.75) is 26.9 Å². The maximum atomic E-state index is 11.5. The minimum atomic E-state index is -0.375. The van der Waals surface area contributed by atoms with Crippen LogP contribution in [0.5, 0.6) is 5.75 Å². The summed E-state index contributed by atoms with van der Waals surface area (Å²) in [7, 11) is 0. The average molecular weight is 338 g/mol. The Morgan fingerprint density at radius 3 is 2.80 bits per heavy atom. The molecule has 0 unspecified atom stereocenters. The summed E-state index contributed by atoms with van der Waals surface area (Å²) in [5.41, 5.74) is 1.66. The van der Waals surface area contributed by atoms with E-state index in [-0.39, 0.29) is 18.7 Å². The summed E-state index contributed by atoms with van der Waals surface area (Å²) in [4.78, 5) is 16.0. The summed E-state index contributed by atoms with van der Waals surface area (Å²) in [6.45, 7) is 5.40. The lowest BCUT2D eigenvalue weighted by molar-refractivity contribution is -0.149. The zero-order valence-electron chi connectivity index (χ0n) is 11.6. The molecule has 1 aromatic heterocycles. The van der Waals surface area contributed by atoms with Gasteiger partial charge in [-0.2, -0.15) is 0 Å². The molecular formula is C15H16BrNO3. The summed E-state index contributed by atoms with van der Waals surface area (Å²) in [5.74, 6) is 0.264. The third kappa shape index (κ3) is 3.70. The number of aromatic nitrogens is 1. The fourth-order valence-corrected chi connectivity index (χ4v) is 2.20. The first-order valence-electron chi connectivity index (χ1n) is 6.35. The number of carbonyl (C=O) groups excluding carboxylic acids is 1. The van der Waals surface area contributed by atoms with Crippen molar-refractivity contribution in [3.8, 4) is 5.75 Å². The molecule has 0 radical (unpaired) electrons. The van der Waals surface area contributed by atoms with E-state index in [1.165, 1.54) is 0 Å². The molecule has 0 aliphatic carbocycles. The number of benzene rings is 1. The molecule has 20 heavy (non-hydrogen) atoms. The molecule has 1 aromatic carbocycles. The average Bonchev–Trinajstić information content (AvgIpc) is 2.34. The third-order valence-electron chi connectivity index (χ3n) is 2.57. The maximum Gasteiger partial charge on any atom is 0.344 e. The normalized spacial score (nSPS) is 10.8. The van der Waals surface area contributed by atoms with Crippen molar-refractivity contribution in [3.63, 3.8) is 0 Å². The number of pyridine rings is 1. The van der Waals surface area contributed by atoms with Crippen LogP contribution in [-0.4, -0.2) is 23.7 Å². The molecule has 0 saturated heterocycles. The first-order chi connectivity index (χ1) is 9.45. The van der Waals surface area contributed by atoms with Crippen molar-refractivity contribution in [1.82, 2.24) is 4.98 Å². The Hall–Kier alpha value is -1.62. The van der Waals surface area contributed by atoms with Gasteiger partial charge in [0.2, 0.25) is 0 Å². The monoisotopic (exact) mass is 337 g/mol. The van der Waals surface area contributed by atoms with Gasteiger partial charge >= 0.3 is 5.97 Å². The van der Waals surface area contributed by atoms with Crippen LogP contribution < -0.4 is 4.74 Å². The molecule has 106 valence electrons. The highest BCUT2D eigenvalue weighted by atomic mass is 79.9. The Balaban J connectivity index is 2.23. The molecule has 0 bridgehead atoms. The van der Waals surface area contributed by atoms with Gasteiger partial charge in [-0.25, -0.2) is 4.79 Å². The van der Waals surface area contributed by atoms with Crippen LogP contribution in [0.15, 0.2) is 28.7 Å². The largest absolute Gasteiger partial charge is 0.481 e. The lowest BCUT2D eigenvalue weighted by Gasteiger charge is -2.11. The Morgan fingerprint density at radius 2 is 2.10 bits per heavy atom. The Kier molecular flexibility index (Phi) is 4.60. The molecule has 4 nitrogen and oxygen atoms in total. The number of esters is 1. The topological polar surface area (TPSA) is 48.4 Å². The van der Waals surface area contributed by atoms with Gasteiger partial charge in [0.25, 0.3) is 0 Å². The van der Waals surface area contributed by atoms with Crippen molar-refractivity contribution >= 4 is 32.8 Å². The van der Waals surface area contributed by atoms with Crippen LogP contribution in [0.4, 0.5) is 0 Å². The van der Waals surface area contributed by atoms with Crippen LogP contribution in [-0.2, 0) is 9.53 Å². The zero-order valence-corrected chi connectivity index (χ0v) is 13.2. The number of nitrogens with zero attached hydrogens (tertiary/aromatic N) is 1. The second kappa shape index (κ2) is 6.22. The van der Waals surface area contributed by atoms with E-state index >= 15 is 0 Å². The number of halogens is 1. The summed E-state index contributed by atoms with van der Waals surface area (Å²) in [6.07, 6.45) is -0.141. The Morgan fingerprint density at radius 1 is 1.35 bits per heavy atom. The van der Waals surface area contributed by atoms with Crippen LogP contribution >= 0.6 is 15.9 Å². The fourth-order valence-electron chi connectivity index (χ4n) is 1.85. The molecule has 0 aliphatic heterocycles. The third-order valence-corrected chi connectivity index (χ3v) is 3.07. The van der Waals surface area contributed by atoms with E-state index in [0.717, 1.165) is 21.1 Å². The fraction of sp³-hybridized carbons (Fsp3) is 0.333. The molecular weight excluding hydrogens is 322 g/mol. The quantitative estimate of drug-likeness (QED) is 0.799. The first kappa shape index (κ1) is 14.8. The molecule has 0 saturated carbocycles. The molecule has 2 aromatic rings. The number of rotatable bonds is 4. The molecule has 0 aliphatic rings. The molecule has 2 rings (SSSR count). The molecule has 0 spiro atoms. The molecule has 0 N–H and O–H groups in total. The van der Waals surface area contributed by atoms with E-state index in [1.54, 1.807) is 13.8 Å². The van der Waals surface area contributed by atoms with E-state index in [0.29, 0.717) is 5.75 Å². The van der Waals surface area contributed by atoms with Crippen molar-refractivity contribution in [2.24, 2.45) is 0 Å². The van der Waals surface area contributed by atoms with Crippen molar-refractivity contribution in [2.75, 3.05) is 6.61 Å². The minimum absolute atomic E-state index is 0.104. The van der Waals surface area contributed by atoms with E-state index in [9.17, 15) is 4.79 Å². The van der Waals surface area contributed by atoms with E-state index in [1.807, 2.05) is 31.2 Å². The Labute approximate surface area is 126 Å². The summed E-state index contributed by atoms with van der Waals surface area (Å²) >= 11 is 3.42. The van der Waals surface area contributed by atoms with Gasteiger partial charge in [-0.3, -0.25) is 4.98 Å². The molecule has 0 fully saturated rings. The van der Waals surface area contributed by atoms with Gasteiger partial charge < -0.3 is 9.47 Å².